The van der Waals surface area contributed by atoms with Gasteiger partial charge in [0.2, 0.25) is 0 Å². The van der Waals surface area contributed by atoms with Gasteiger partial charge in [0.05, 0.1) is 33.7 Å². The molecule has 1 N–H and O–H groups in total. The number of halogens is 2. The summed E-state index contributed by atoms with van der Waals surface area (Å²) in [7, 11) is 3.10. The molecule has 26 heavy (non-hydrogen) atoms. The van der Waals surface area contributed by atoms with Crippen LogP contribution in [-0.2, 0) is 28.6 Å². The van der Waals surface area contributed by atoms with Gasteiger partial charge in [-0.05, 0) is 18.2 Å². The lowest BCUT2D eigenvalue weighted by molar-refractivity contribution is -0.158. The minimum absolute atomic E-state index is 0.306. The summed E-state index contributed by atoms with van der Waals surface area (Å²) in [6.45, 7) is 0. The minimum atomic E-state index is -1.62. The summed E-state index contributed by atoms with van der Waals surface area (Å²) in [5.41, 5.74) is -0.306. The normalized spacial score (nSPS) is 12.5. The van der Waals surface area contributed by atoms with Crippen LogP contribution in [0.5, 0.6) is 0 Å². The fraction of sp³-hybridized carbons (Fsp3) is 0.375. The highest BCUT2D eigenvalue weighted by atomic mass is 19.2. The number of hydrogen-bond donors (Lipinski definition) is 1. The van der Waals surface area contributed by atoms with E-state index in [1.807, 2.05) is 0 Å². The molecule has 142 valence electrons. The van der Waals surface area contributed by atoms with Gasteiger partial charge in [-0.1, -0.05) is 0 Å². The van der Waals surface area contributed by atoms with Gasteiger partial charge in [0.1, 0.15) is 6.04 Å². The first kappa shape index (κ1) is 21.0. The van der Waals surface area contributed by atoms with Crippen LogP contribution in [0.1, 0.15) is 16.8 Å². The molecule has 1 amide bonds. The van der Waals surface area contributed by atoms with E-state index >= 15 is 0 Å². The van der Waals surface area contributed by atoms with Crippen molar-refractivity contribution in [1.82, 2.24) is 5.32 Å². The number of carbonyl (C=O) groups excluding carboxylic acids is 4. The summed E-state index contributed by atoms with van der Waals surface area (Å²) in [5, 5.41) is 2.16. The Hall–Kier alpha value is -3.04. The van der Waals surface area contributed by atoms with Gasteiger partial charge in [-0.15, -0.1) is 0 Å². The standard InChI is InChI=1S/C16H17F2NO7/c1-24-12(20)7-9(15(22)25-2)13(16(23)26-3)19-14(21)8-4-5-10(17)11(18)6-8/h4-6,9,13H,7H2,1-3H3,(H,19,21)/t9-,13-/m1/s1. The third-order valence-electron chi connectivity index (χ3n) is 3.44. The molecule has 0 radical (unpaired) electrons. The van der Waals surface area contributed by atoms with Crippen LogP contribution in [-0.4, -0.2) is 51.2 Å². The summed E-state index contributed by atoms with van der Waals surface area (Å²) >= 11 is 0. The van der Waals surface area contributed by atoms with E-state index in [2.05, 4.69) is 19.5 Å². The van der Waals surface area contributed by atoms with E-state index in [0.717, 1.165) is 33.5 Å². The molecule has 0 spiro atoms. The Morgan fingerprint density at radius 2 is 1.58 bits per heavy atom. The summed E-state index contributed by atoms with van der Waals surface area (Å²) in [5.74, 6) is -7.73. The number of carbonyl (C=O) groups is 4. The van der Waals surface area contributed by atoms with Crippen molar-refractivity contribution < 1.29 is 42.2 Å². The van der Waals surface area contributed by atoms with Crippen molar-refractivity contribution in [2.24, 2.45) is 5.92 Å². The Morgan fingerprint density at radius 1 is 0.962 bits per heavy atom. The van der Waals surface area contributed by atoms with Gasteiger partial charge >= 0.3 is 17.9 Å². The average Bonchev–Trinajstić information content (AvgIpc) is 2.64. The highest BCUT2D eigenvalue weighted by Crippen LogP contribution is 2.16. The SMILES string of the molecule is COC(=O)C[C@@H](C(=O)OC)[C@@H](NC(=O)c1ccc(F)c(F)c1)C(=O)OC. The molecule has 8 nitrogen and oxygen atoms in total. The first-order chi connectivity index (χ1) is 12.2. The molecular weight excluding hydrogens is 356 g/mol. The van der Waals surface area contributed by atoms with Gasteiger partial charge in [0.25, 0.3) is 5.91 Å². The van der Waals surface area contributed by atoms with Gasteiger partial charge in [-0.2, -0.15) is 0 Å². The monoisotopic (exact) mass is 373 g/mol. The molecule has 10 heteroatoms. The molecule has 0 saturated carbocycles. The van der Waals surface area contributed by atoms with E-state index in [0.29, 0.717) is 6.07 Å². The van der Waals surface area contributed by atoms with Gasteiger partial charge in [-0.3, -0.25) is 14.4 Å². The van der Waals surface area contributed by atoms with Crippen LogP contribution in [0.4, 0.5) is 8.78 Å². The van der Waals surface area contributed by atoms with Crippen molar-refractivity contribution in [1.29, 1.82) is 0 Å². The predicted octanol–water partition coefficient (Wildman–Crippen LogP) is 0.588. The maximum Gasteiger partial charge on any atom is 0.329 e. The van der Waals surface area contributed by atoms with Crippen LogP contribution < -0.4 is 5.32 Å². The predicted molar refractivity (Wildman–Crippen MR) is 81.8 cm³/mol. The van der Waals surface area contributed by atoms with Crippen molar-refractivity contribution in [2.45, 2.75) is 12.5 Å². The summed E-state index contributed by atoms with van der Waals surface area (Å²) < 4.78 is 39.8. The fourth-order valence-corrected chi connectivity index (χ4v) is 2.06. The van der Waals surface area contributed by atoms with Crippen LogP contribution in [0.3, 0.4) is 0 Å². The second-order valence-corrected chi connectivity index (χ2v) is 5.01. The first-order valence-corrected chi connectivity index (χ1v) is 7.23. The third-order valence-corrected chi connectivity index (χ3v) is 3.44. The summed E-state index contributed by atoms with van der Waals surface area (Å²) in [4.78, 5) is 47.7. The Kier molecular flexibility index (Phi) is 7.63. The maximum atomic E-state index is 13.3. The zero-order valence-corrected chi connectivity index (χ0v) is 14.2. The second-order valence-electron chi connectivity index (χ2n) is 5.01. The largest absolute Gasteiger partial charge is 0.469 e. The second kappa shape index (κ2) is 9.44. The average molecular weight is 373 g/mol. The number of hydrogen-bond acceptors (Lipinski definition) is 7. The van der Waals surface area contributed by atoms with E-state index in [1.54, 1.807) is 0 Å². The molecule has 0 aromatic heterocycles. The van der Waals surface area contributed by atoms with E-state index in [1.165, 1.54) is 0 Å². The quantitative estimate of drug-likeness (QED) is 0.550. The Morgan fingerprint density at radius 3 is 2.08 bits per heavy atom. The topological polar surface area (TPSA) is 108 Å². The highest BCUT2D eigenvalue weighted by molar-refractivity contribution is 5.98. The molecule has 0 saturated heterocycles. The lowest BCUT2D eigenvalue weighted by Gasteiger charge is -2.23. The number of amides is 1. The first-order valence-electron chi connectivity index (χ1n) is 7.23. The van der Waals surface area contributed by atoms with E-state index in [-0.39, 0.29) is 5.56 Å². The molecule has 1 aromatic carbocycles. The maximum absolute atomic E-state index is 13.3. The molecule has 0 aliphatic rings. The molecular formula is C16H17F2NO7. The molecule has 0 bridgehead atoms. The molecule has 2 atom stereocenters. The van der Waals surface area contributed by atoms with Crippen molar-refractivity contribution in [2.75, 3.05) is 21.3 Å². The van der Waals surface area contributed by atoms with E-state index in [9.17, 15) is 28.0 Å². The van der Waals surface area contributed by atoms with Crippen LogP contribution in [0.15, 0.2) is 18.2 Å². The molecule has 1 aromatic rings. The molecule has 0 aliphatic carbocycles. The number of esters is 3. The number of nitrogens with one attached hydrogen (secondary N) is 1. The molecule has 0 unspecified atom stereocenters. The van der Waals surface area contributed by atoms with Gasteiger partial charge in [0, 0.05) is 5.56 Å². The van der Waals surface area contributed by atoms with Crippen LogP contribution in [0.25, 0.3) is 0 Å². The lowest BCUT2D eigenvalue weighted by Crippen LogP contribution is -2.50. The highest BCUT2D eigenvalue weighted by Gasteiger charge is 2.38. The van der Waals surface area contributed by atoms with Crippen molar-refractivity contribution in [3.63, 3.8) is 0 Å². The van der Waals surface area contributed by atoms with E-state index in [4.69, 9.17) is 0 Å². The smallest absolute Gasteiger partial charge is 0.329 e. The third kappa shape index (κ3) is 5.23. The van der Waals surface area contributed by atoms with Gasteiger partial charge in [0.15, 0.2) is 11.6 Å². The van der Waals surface area contributed by atoms with Crippen molar-refractivity contribution in [3.05, 3.63) is 35.4 Å². The van der Waals surface area contributed by atoms with Crippen molar-refractivity contribution >= 4 is 23.8 Å². The number of rotatable bonds is 7. The van der Waals surface area contributed by atoms with Gasteiger partial charge < -0.3 is 19.5 Å². The Bertz CT molecular complexity index is 708. The number of ether oxygens (including phenoxy) is 3. The van der Waals surface area contributed by atoms with Crippen LogP contribution in [0, 0.1) is 17.6 Å². The van der Waals surface area contributed by atoms with Gasteiger partial charge in [-0.25, -0.2) is 13.6 Å². The lowest BCUT2D eigenvalue weighted by atomic mass is 9.95. The summed E-state index contributed by atoms with van der Waals surface area (Å²) in [6, 6.07) is 0.707. The minimum Gasteiger partial charge on any atom is -0.469 e. The molecule has 0 fully saturated rings. The van der Waals surface area contributed by atoms with E-state index < -0.39 is 53.8 Å². The van der Waals surface area contributed by atoms with Crippen LogP contribution in [0.2, 0.25) is 0 Å². The van der Waals surface area contributed by atoms with Crippen molar-refractivity contribution in [3.8, 4) is 0 Å². The zero-order chi connectivity index (χ0) is 19.9. The Labute approximate surface area is 147 Å². The molecule has 0 aliphatic heterocycles. The Balaban J connectivity index is 3.15. The number of benzene rings is 1. The summed E-state index contributed by atoms with van der Waals surface area (Å²) in [6.07, 6.45) is -0.582. The number of methoxy groups -OCH3 is 3. The fourth-order valence-electron chi connectivity index (χ4n) is 2.06. The molecule has 0 heterocycles. The zero-order valence-electron chi connectivity index (χ0n) is 14.2. The van der Waals surface area contributed by atoms with Crippen LogP contribution >= 0.6 is 0 Å². The molecule has 1 rings (SSSR count).